The van der Waals surface area contributed by atoms with Crippen molar-refractivity contribution in [3.8, 4) is 0 Å². The molecule has 0 atom stereocenters. The summed E-state index contributed by atoms with van der Waals surface area (Å²) in [4.78, 5) is 10.6. The number of carbonyl (C=O) groups is 1. The van der Waals surface area contributed by atoms with Crippen LogP contribution in [0.15, 0.2) is 0 Å². The van der Waals surface area contributed by atoms with Crippen molar-refractivity contribution in [1.29, 1.82) is 0 Å². The Morgan fingerprint density at radius 2 is 2.33 bits per heavy atom. The molecule has 9 heavy (non-hydrogen) atoms. The van der Waals surface area contributed by atoms with Crippen molar-refractivity contribution in [3.63, 3.8) is 0 Å². The maximum Gasteiger partial charge on any atom is 0.220 e. The van der Waals surface area contributed by atoms with Crippen molar-refractivity contribution in [2.75, 3.05) is 18.4 Å². The molecule has 0 aromatic rings. The van der Waals surface area contributed by atoms with E-state index in [1.54, 1.807) is 0 Å². The lowest BCUT2D eigenvalue weighted by atomic mass is 10.4. The summed E-state index contributed by atoms with van der Waals surface area (Å²) in [6.07, 6.45) is 0.528. The Balaban J connectivity index is 3.06. The minimum atomic E-state index is 0.0531. The molecule has 0 aliphatic heterocycles. The Morgan fingerprint density at radius 3 is 2.78 bits per heavy atom. The van der Waals surface area contributed by atoms with Gasteiger partial charge in [-0.05, 0) is 0 Å². The molecule has 0 unspecified atom stereocenters. The third-order valence-corrected chi connectivity index (χ3v) is 1.18. The first-order chi connectivity index (χ1) is 4.31. The van der Waals surface area contributed by atoms with Gasteiger partial charge in [-0.15, -0.1) is 0 Å². The molecule has 0 saturated carbocycles. The molecule has 3 nitrogen and oxygen atoms in total. The van der Waals surface area contributed by atoms with Gasteiger partial charge in [0.05, 0.1) is 0 Å². The minimum Gasteiger partial charge on any atom is -0.355 e. The SMILES string of the molecule is NCCNC(=O)CCBr. The topological polar surface area (TPSA) is 55.1 Å². The van der Waals surface area contributed by atoms with Gasteiger partial charge in [0, 0.05) is 24.8 Å². The molecule has 4 heteroatoms. The van der Waals surface area contributed by atoms with Crippen molar-refractivity contribution in [2.45, 2.75) is 6.42 Å². The number of nitrogens with two attached hydrogens (primary N) is 1. The second-order valence-corrected chi connectivity index (χ2v) is 2.37. The van der Waals surface area contributed by atoms with Crippen molar-refractivity contribution in [3.05, 3.63) is 0 Å². The Kier molecular flexibility index (Phi) is 5.98. The molecule has 3 N–H and O–H groups in total. The van der Waals surface area contributed by atoms with Gasteiger partial charge in [-0.2, -0.15) is 0 Å². The molecule has 0 fully saturated rings. The van der Waals surface area contributed by atoms with Gasteiger partial charge < -0.3 is 11.1 Å². The molecule has 0 spiro atoms. The first kappa shape index (κ1) is 8.91. The zero-order valence-electron chi connectivity index (χ0n) is 5.19. The maximum atomic E-state index is 10.6. The molecule has 0 bridgehead atoms. The van der Waals surface area contributed by atoms with E-state index in [0.717, 1.165) is 0 Å². The van der Waals surface area contributed by atoms with Crippen molar-refractivity contribution >= 4 is 21.8 Å². The van der Waals surface area contributed by atoms with Crippen LogP contribution in [0.3, 0.4) is 0 Å². The highest BCUT2D eigenvalue weighted by molar-refractivity contribution is 9.09. The van der Waals surface area contributed by atoms with Gasteiger partial charge in [-0.1, -0.05) is 15.9 Å². The van der Waals surface area contributed by atoms with Crippen LogP contribution in [0.1, 0.15) is 6.42 Å². The molecule has 0 aromatic heterocycles. The van der Waals surface area contributed by atoms with Gasteiger partial charge in [0.15, 0.2) is 0 Å². The highest BCUT2D eigenvalue weighted by atomic mass is 79.9. The van der Waals surface area contributed by atoms with Crippen molar-refractivity contribution in [1.82, 2.24) is 5.32 Å². The van der Waals surface area contributed by atoms with E-state index in [1.165, 1.54) is 0 Å². The largest absolute Gasteiger partial charge is 0.355 e. The predicted octanol–water partition coefficient (Wildman–Crippen LogP) is -0.154. The fourth-order valence-electron chi connectivity index (χ4n) is 0.386. The zero-order chi connectivity index (χ0) is 7.11. The van der Waals surface area contributed by atoms with Gasteiger partial charge in [0.1, 0.15) is 0 Å². The third kappa shape index (κ3) is 5.79. The van der Waals surface area contributed by atoms with E-state index in [2.05, 4.69) is 21.2 Å². The van der Waals surface area contributed by atoms with Crippen LogP contribution >= 0.6 is 15.9 Å². The second kappa shape index (κ2) is 6.04. The Morgan fingerprint density at radius 1 is 1.67 bits per heavy atom. The van der Waals surface area contributed by atoms with Crippen LogP contribution < -0.4 is 11.1 Å². The molecule has 0 heterocycles. The second-order valence-electron chi connectivity index (χ2n) is 1.58. The number of carbonyl (C=O) groups excluding carboxylic acids is 1. The summed E-state index contributed by atoms with van der Waals surface area (Å²) in [5.41, 5.74) is 5.15. The van der Waals surface area contributed by atoms with Gasteiger partial charge in [0.25, 0.3) is 0 Å². The lowest BCUT2D eigenvalue weighted by Crippen LogP contribution is -2.28. The Hall–Kier alpha value is -0.0900. The fraction of sp³-hybridized carbons (Fsp3) is 0.800. The number of rotatable bonds is 4. The molecule has 54 valence electrons. The summed E-state index contributed by atoms with van der Waals surface area (Å²) in [5, 5.41) is 3.35. The van der Waals surface area contributed by atoms with Crippen LogP contribution in [0.2, 0.25) is 0 Å². The summed E-state index contributed by atoms with van der Waals surface area (Å²) in [6, 6.07) is 0. The summed E-state index contributed by atoms with van der Waals surface area (Å²) in [6.45, 7) is 1.08. The Labute approximate surface area is 63.1 Å². The summed E-state index contributed by atoms with van der Waals surface area (Å²) in [5.74, 6) is 0.0531. The number of alkyl halides is 1. The number of hydrogen-bond donors (Lipinski definition) is 2. The third-order valence-electron chi connectivity index (χ3n) is 0.788. The van der Waals surface area contributed by atoms with Gasteiger partial charge >= 0.3 is 0 Å². The minimum absolute atomic E-state index is 0.0531. The van der Waals surface area contributed by atoms with Crippen LogP contribution in [0, 0.1) is 0 Å². The smallest absolute Gasteiger partial charge is 0.220 e. The highest BCUT2D eigenvalue weighted by Gasteiger charge is 1.95. The normalized spacial score (nSPS) is 9.11. The molecule has 0 rings (SSSR count). The molecule has 1 amide bonds. The Bertz CT molecular complexity index is 87.0. The van der Waals surface area contributed by atoms with Gasteiger partial charge in [-0.25, -0.2) is 0 Å². The van der Waals surface area contributed by atoms with E-state index in [1.807, 2.05) is 0 Å². The predicted molar refractivity (Wildman–Crippen MR) is 40.5 cm³/mol. The lowest BCUT2D eigenvalue weighted by molar-refractivity contribution is -0.120. The summed E-state index contributed by atoms with van der Waals surface area (Å²) < 4.78 is 0. The molecular formula is C5H11BrN2O. The quantitative estimate of drug-likeness (QED) is 0.612. The van der Waals surface area contributed by atoms with Gasteiger partial charge in [0.2, 0.25) is 5.91 Å². The molecule has 0 aliphatic carbocycles. The molecule has 0 aromatic carbocycles. The number of amides is 1. The van der Waals surface area contributed by atoms with Gasteiger partial charge in [-0.3, -0.25) is 4.79 Å². The van der Waals surface area contributed by atoms with Crippen LogP contribution in [0.5, 0.6) is 0 Å². The zero-order valence-corrected chi connectivity index (χ0v) is 6.78. The van der Waals surface area contributed by atoms with E-state index in [9.17, 15) is 4.79 Å². The van der Waals surface area contributed by atoms with Crippen LogP contribution in [-0.2, 0) is 4.79 Å². The lowest BCUT2D eigenvalue weighted by Gasteiger charge is -1.98. The van der Waals surface area contributed by atoms with Crippen LogP contribution in [0.4, 0.5) is 0 Å². The summed E-state index contributed by atoms with van der Waals surface area (Å²) >= 11 is 3.15. The molecular weight excluding hydrogens is 184 g/mol. The van der Waals surface area contributed by atoms with Crippen molar-refractivity contribution < 1.29 is 4.79 Å². The van der Waals surface area contributed by atoms with Crippen molar-refractivity contribution in [2.24, 2.45) is 5.73 Å². The number of halogens is 1. The van der Waals surface area contributed by atoms with E-state index in [0.29, 0.717) is 24.8 Å². The maximum absolute atomic E-state index is 10.6. The monoisotopic (exact) mass is 194 g/mol. The average Bonchev–Trinajstić information content (AvgIpc) is 1.85. The standard InChI is InChI=1S/C5H11BrN2O/c6-2-1-5(9)8-4-3-7/h1-4,7H2,(H,8,9). The van der Waals surface area contributed by atoms with E-state index in [-0.39, 0.29) is 5.91 Å². The first-order valence-electron chi connectivity index (χ1n) is 2.84. The fourth-order valence-corrected chi connectivity index (χ4v) is 0.746. The van der Waals surface area contributed by atoms with Crippen LogP contribution in [-0.4, -0.2) is 24.3 Å². The molecule has 0 radical (unpaired) electrons. The molecule has 0 aliphatic rings. The first-order valence-corrected chi connectivity index (χ1v) is 3.96. The van der Waals surface area contributed by atoms with Crippen LogP contribution in [0.25, 0.3) is 0 Å². The highest BCUT2D eigenvalue weighted by Crippen LogP contribution is 1.85. The average molecular weight is 195 g/mol. The summed E-state index contributed by atoms with van der Waals surface area (Å²) in [7, 11) is 0. The number of nitrogens with one attached hydrogen (secondary N) is 1. The van der Waals surface area contributed by atoms with E-state index >= 15 is 0 Å². The van der Waals surface area contributed by atoms with E-state index in [4.69, 9.17) is 5.73 Å². The number of hydrogen-bond acceptors (Lipinski definition) is 2. The molecule has 0 saturated heterocycles. The van der Waals surface area contributed by atoms with E-state index < -0.39 is 0 Å².